The number of nitrogens with one attached hydrogen (secondary N) is 1. The number of ether oxygens (including phenoxy) is 1. The van der Waals surface area contributed by atoms with Gasteiger partial charge in [-0.1, -0.05) is 6.07 Å². The van der Waals surface area contributed by atoms with Gasteiger partial charge in [0.15, 0.2) is 6.10 Å². The molecule has 1 saturated heterocycles. The van der Waals surface area contributed by atoms with Gasteiger partial charge < -0.3 is 40.4 Å². The number of H-pyrrole nitrogens is 1. The largest absolute Gasteiger partial charge is 0.479 e. The molecule has 1 aliphatic rings. The number of aliphatic carboxylic acids is 1. The molecule has 1 fully saturated rings. The summed E-state index contributed by atoms with van der Waals surface area (Å²) >= 11 is 0. The molecular formula is C16H19NO8. The summed E-state index contributed by atoms with van der Waals surface area (Å²) in [5.74, 6) is -4.11. The van der Waals surface area contributed by atoms with Gasteiger partial charge in [0, 0.05) is 29.3 Å². The second kappa shape index (κ2) is 6.37. The van der Waals surface area contributed by atoms with Crippen LogP contribution in [0.1, 0.15) is 11.1 Å². The smallest absolute Gasteiger partial charge is 0.335 e. The summed E-state index contributed by atoms with van der Waals surface area (Å²) in [6.07, 6.45) is -5.65. The highest BCUT2D eigenvalue weighted by atomic mass is 16.7. The number of hydrogen-bond donors (Lipinski definition) is 7. The van der Waals surface area contributed by atoms with Crippen molar-refractivity contribution in [3.63, 3.8) is 0 Å². The van der Waals surface area contributed by atoms with Crippen molar-refractivity contribution in [3.8, 4) is 0 Å². The van der Waals surface area contributed by atoms with Gasteiger partial charge in [0.2, 0.25) is 5.79 Å². The highest BCUT2D eigenvalue weighted by Crippen LogP contribution is 2.37. The summed E-state index contributed by atoms with van der Waals surface area (Å²) in [4.78, 5) is 14.2. The number of aliphatic hydroxyl groups is 5. The van der Waals surface area contributed by atoms with E-state index in [2.05, 4.69) is 4.98 Å². The lowest BCUT2D eigenvalue weighted by atomic mass is 9.87. The predicted molar refractivity (Wildman–Crippen MR) is 83.5 cm³/mol. The van der Waals surface area contributed by atoms with Gasteiger partial charge in [-0.05, 0) is 24.1 Å². The normalized spacial score (nSPS) is 32.8. The molecule has 5 atom stereocenters. The van der Waals surface area contributed by atoms with Crippen LogP contribution in [0.25, 0.3) is 10.9 Å². The van der Waals surface area contributed by atoms with E-state index in [9.17, 15) is 25.2 Å². The van der Waals surface area contributed by atoms with Crippen LogP contribution in [0, 0.1) is 0 Å². The minimum atomic E-state index is -2.52. The first-order chi connectivity index (χ1) is 11.8. The van der Waals surface area contributed by atoms with Crippen LogP contribution in [0.4, 0.5) is 0 Å². The fraction of sp³-hybridized carbons (Fsp3) is 0.438. The van der Waals surface area contributed by atoms with Crippen LogP contribution in [0.2, 0.25) is 0 Å². The number of aromatic amines is 1. The van der Waals surface area contributed by atoms with Crippen LogP contribution in [0.15, 0.2) is 24.4 Å². The third-order valence-electron chi connectivity index (χ3n) is 4.50. The molecule has 0 spiro atoms. The molecule has 1 aliphatic heterocycles. The topological polar surface area (TPSA) is 163 Å². The summed E-state index contributed by atoms with van der Waals surface area (Å²) in [5, 5.41) is 59.5. The Morgan fingerprint density at radius 3 is 2.60 bits per heavy atom. The molecule has 1 aromatic heterocycles. The Hall–Kier alpha value is -2.01. The molecule has 2 aromatic rings. The van der Waals surface area contributed by atoms with E-state index in [0.29, 0.717) is 17.3 Å². The van der Waals surface area contributed by atoms with Crippen LogP contribution >= 0.6 is 0 Å². The molecule has 136 valence electrons. The van der Waals surface area contributed by atoms with Gasteiger partial charge in [-0.25, -0.2) is 4.79 Å². The van der Waals surface area contributed by atoms with E-state index in [-0.39, 0.29) is 12.2 Å². The van der Waals surface area contributed by atoms with Crippen LogP contribution in [0.3, 0.4) is 0 Å². The number of rotatable bonds is 4. The van der Waals surface area contributed by atoms with E-state index in [4.69, 9.17) is 14.9 Å². The Bertz CT molecular complexity index is 790. The van der Waals surface area contributed by atoms with E-state index in [0.717, 1.165) is 5.56 Å². The maximum atomic E-state index is 11.2. The molecular weight excluding hydrogens is 334 g/mol. The fourth-order valence-corrected chi connectivity index (χ4v) is 3.09. The maximum Gasteiger partial charge on any atom is 0.335 e. The highest BCUT2D eigenvalue weighted by molar-refractivity contribution is 5.84. The van der Waals surface area contributed by atoms with Crippen molar-refractivity contribution >= 4 is 16.9 Å². The SMILES string of the molecule is O=C(O)[C@H]1OC(O)(c2ccc3[nH]cc(CCO)c3c2)[C@H](O)[C@@H](O)[C@@H]1O. The third kappa shape index (κ3) is 2.80. The summed E-state index contributed by atoms with van der Waals surface area (Å²) in [7, 11) is 0. The molecule has 0 bridgehead atoms. The van der Waals surface area contributed by atoms with Crippen molar-refractivity contribution in [2.24, 2.45) is 0 Å². The summed E-state index contributed by atoms with van der Waals surface area (Å²) in [6, 6.07) is 4.48. The fourth-order valence-electron chi connectivity index (χ4n) is 3.09. The van der Waals surface area contributed by atoms with Gasteiger partial charge in [0.05, 0.1) is 0 Å². The third-order valence-corrected chi connectivity index (χ3v) is 4.50. The van der Waals surface area contributed by atoms with E-state index in [1.807, 2.05) is 0 Å². The van der Waals surface area contributed by atoms with Crippen molar-refractivity contribution in [1.82, 2.24) is 4.98 Å². The molecule has 1 aromatic carbocycles. The van der Waals surface area contributed by atoms with E-state index >= 15 is 0 Å². The zero-order valence-corrected chi connectivity index (χ0v) is 13.0. The van der Waals surface area contributed by atoms with Crippen molar-refractivity contribution in [2.75, 3.05) is 6.61 Å². The van der Waals surface area contributed by atoms with Gasteiger partial charge in [0.1, 0.15) is 18.3 Å². The lowest BCUT2D eigenvalue weighted by Crippen LogP contribution is -2.64. The zero-order valence-electron chi connectivity index (χ0n) is 13.0. The van der Waals surface area contributed by atoms with Crippen molar-refractivity contribution in [1.29, 1.82) is 0 Å². The lowest BCUT2D eigenvalue weighted by Gasteiger charge is -2.44. The van der Waals surface area contributed by atoms with Gasteiger partial charge in [-0.15, -0.1) is 0 Å². The summed E-state index contributed by atoms with van der Waals surface area (Å²) < 4.78 is 5.08. The average molecular weight is 353 g/mol. The number of aliphatic hydroxyl groups excluding tert-OH is 4. The Labute approximate surface area is 141 Å². The van der Waals surface area contributed by atoms with E-state index in [1.165, 1.54) is 12.1 Å². The van der Waals surface area contributed by atoms with Gasteiger partial charge in [-0.3, -0.25) is 0 Å². The Morgan fingerprint density at radius 2 is 1.96 bits per heavy atom. The first-order valence-electron chi connectivity index (χ1n) is 7.68. The van der Waals surface area contributed by atoms with Crippen LogP contribution < -0.4 is 0 Å². The Morgan fingerprint density at radius 1 is 1.24 bits per heavy atom. The van der Waals surface area contributed by atoms with E-state index in [1.54, 1.807) is 12.3 Å². The van der Waals surface area contributed by atoms with Crippen LogP contribution in [-0.4, -0.2) is 72.6 Å². The van der Waals surface area contributed by atoms with Crippen molar-refractivity contribution < 1.29 is 40.2 Å². The Balaban J connectivity index is 2.07. The number of carbonyl (C=O) groups is 1. The molecule has 7 N–H and O–H groups in total. The standard InChI is InChI=1S/C16H19NO8/c18-4-3-7-6-17-10-2-1-8(5-9(7)10)16(24)14(21)12(20)11(19)13(25-16)15(22)23/h1-2,5-6,11-14,17-21,24H,3-4H2,(H,22,23)/t11-,12-,13-,14+,16?/m0/s1. The highest BCUT2D eigenvalue weighted by Gasteiger charge is 2.55. The number of hydrogen-bond acceptors (Lipinski definition) is 7. The Kier molecular flexibility index (Phi) is 4.54. The molecule has 0 aliphatic carbocycles. The first-order valence-corrected chi connectivity index (χ1v) is 7.68. The molecule has 0 amide bonds. The zero-order chi connectivity index (χ0) is 18.4. The second-order valence-corrected chi connectivity index (χ2v) is 6.05. The monoisotopic (exact) mass is 353 g/mol. The minimum absolute atomic E-state index is 0.0171. The molecule has 3 rings (SSSR count). The van der Waals surface area contributed by atoms with Gasteiger partial charge in [0.25, 0.3) is 0 Å². The van der Waals surface area contributed by atoms with Gasteiger partial charge >= 0.3 is 5.97 Å². The van der Waals surface area contributed by atoms with Crippen molar-refractivity contribution in [3.05, 3.63) is 35.5 Å². The van der Waals surface area contributed by atoms with Crippen molar-refractivity contribution in [2.45, 2.75) is 36.6 Å². The van der Waals surface area contributed by atoms with Crippen LogP contribution in [-0.2, 0) is 21.7 Å². The summed E-state index contributed by atoms with van der Waals surface area (Å²) in [5.41, 5.74) is 1.48. The summed E-state index contributed by atoms with van der Waals surface area (Å²) in [6.45, 7) is -0.0907. The molecule has 2 heterocycles. The van der Waals surface area contributed by atoms with Crippen LogP contribution in [0.5, 0.6) is 0 Å². The second-order valence-electron chi connectivity index (χ2n) is 6.05. The number of carboxylic acid groups (broad SMARTS) is 1. The molecule has 9 nitrogen and oxygen atoms in total. The molecule has 9 heteroatoms. The molecule has 0 radical (unpaired) electrons. The predicted octanol–water partition coefficient (Wildman–Crippen LogP) is -1.59. The first kappa shape index (κ1) is 17.8. The number of benzene rings is 1. The quantitative estimate of drug-likeness (QED) is 0.346. The lowest BCUT2D eigenvalue weighted by molar-refractivity contribution is -0.349. The molecule has 0 saturated carbocycles. The van der Waals surface area contributed by atoms with Gasteiger partial charge in [-0.2, -0.15) is 0 Å². The maximum absolute atomic E-state index is 11.2. The number of aromatic nitrogens is 1. The minimum Gasteiger partial charge on any atom is -0.479 e. The molecule has 25 heavy (non-hydrogen) atoms. The van der Waals surface area contributed by atoms with E-state index < -0.39 is 36.2 Å². The number of fused-ring (bicyclic) bond motifs is 1. The average Bonchev–Trinajstić information content (AvgIpc) is 2.99. The number of carboxylic acids is 1. The molecule has 1 unspecified atom stereocenters.